The first-order valence-electron chi connectivity index (χ1n) is 6.61. The fraction of sp³-hybridized carbons (Fsp3) is 0.833. The van der Waals surface area contributed by atoms with E-state index in [1.54, 1.807) is 0 Å². The molecule has 1 aromatic rings. The number of nitrogens with one attached hydrogen (secondary N) is 1. The molecule has 2 aliphatic carbocycles. The molecular formula is C12H20N4O. The summed E-state index contributed by atoms with van der Waals surface area (Å²) in [5.41, 5.74) is 5.44. The smallest absolute Gasteiger partial charge is 0.315 e. The molecular weight excluding hydrogens is 216 g/mol. The van der Waals surface area contributed by atoms with Crippen LogP contribution in [0.15, 0.2) is 4.42 Å². The normalized spacial score (nSPS) is 31.0. The molecule has 5 nitrogen and oxygen atoms in total. The zero-order valence-electron chi connectivity index (χ0n) is 10.1. The fourth-order valence-electron chi connectivity index (χ4n) is 3.39. The molecule has 17 heavy (non-hydrogen) atoms. The molecule has 0 aromatic carbocycles. The van der Waals surface area contributed by atoms with E-state index >= 15 is 0 Å². The van der Waals surface area contributed by atoms with Crippen molar-refractivity contribution in [3.63, 3.8) is 0 Å². The minimum Gasteiger partial charge on any atom is -0.408 e. The zero-order valence-corrected chi connectivity index (χ0v) is 10.1. The van der Waals surface area contributed by atoms with Gasteiger partial charge in [0.15, 0.2) is 0 Å². The molecule has 5 heteroatoms. The molecule has 94 valence electrons. The standard InChI is InChI=1S/C12H20N4O/c13-4-3-11-15-16-12(17-11)14-7-10-6-8-1-2-9(10)5-8/h8-10H,1-7,13H2,(H,14,16). The zero-order chi connectivity index (χ0) is 11.7. The van der Waals surface area contributed by atoms with Gasteiger partial charge in [-0.2, -0.15) is 0 Å². The van der Waals surface area contributed by atoms with Gasteiger partial charge < -0.3 is 15.5 Å². The van der Waals surface area contributed by atoms with E-state index in [4.69, 9.17) is 10.2 Å². The average Bonchev–Trinajstić information content (AvgIpc) is 3.02. The van der Waals surface area contributed by atoms with Crippen LogP contribution in [0.4, 0.5) is 6.01 Å². The van der Waals surface area contributed by atoms with Crippen molar-refractivity contribution < 1.29 is 4.42 Å². The molecule has 3 atom stereocenters. The van der Waals surface area contributed by atoms with Gasteiger partial charge in [-0.3, -0.25) is 0 Å². The van der Waals surface area contributed by atoms with Crippen molar-refractivity contribution >= 4 is 6.01 Å². The molecule has 0 saturated heterocycles. The number of aromatic nitrogens is 2. The van der Waals surface area contributed by atoms with E-state index in [1.807, 2.05) is 0 Å². The molecule has 3 rings (SSSR count). The van der Waals surface area contributed by atoms with Crippen molar-refractivity contribution in [2.24, 2.45) is 23.5 Å². The SMILES string of the molecule is NCCc1nnc(NCC2CC3CCC2C3)o1. The minimum absolute atomic E-state index is 0.550. The second-order valence-electron chi connectivity index (χ2n) is 5.36. The molecule has 0 amide bonds. The van der Waals surface area contributed by atoms with Crippen LogP contribution in [-0.4, -0.2) is 23.3 Å². The summed E-state index contributed by atoms with van der Waals surface area (Å²) >= 11 is 0. The first-order chi connectivity index (χ1) is 8.35. The van der Waals surface area contributed by atoms with Crippen molar-refractivity contribution in [3.05, 3.63) is 5.89 Å². The highest BCUT2D eigenvalue weighted by atomic mass is 16.4. The lowest BCUT2D eigenvalue weighted by Gasteiger charge is -2.21. The number of hydrogen-bond donors (Lipinski definition) is 2. The van der Waals surface area contributed by atoms with Gasteiger partial charge in [0.25, 0.3) is 0 Å². The molecule has 1 aromatic heterocycles. The van der Waals surface area contributed by atoms with Gasteiger partial charge in [0, 0.05) is 19.5 Å². The predicted octanol–water partition coefficient (Wildman–Crippen LogP) is 1.42. The van der Waals surface area contributed by atoms with Crippen molar-refractivity contribution in [1.29, 1.82) is 0 Å². The summed E-state index contributed by atoms with van der Waals surface area (Å²) in [6, 6.07) is 0.552. The van der Waals surface area contributed by atoms with Gasteiger partial charge in [0.05, 0.1) is 0 Å². The van der Waals surface area contributed by atoms with Crippen molar-refractivity contribution in [1.82, 2.24) is 10.2 Å². The topological polar surface area (TPSA) is 77.0 Å². The lowest BCUT2D eigenvalue weighted by atomic mass is 9.89. The number of fused-ring (bicyclic) bond motifs is 2. The van der Waals surface area contributed by atoms with Gasteiger partial charge in [-0.05, 0) is 37.0 Å². The third-order valence-electron chi connectivity index (χ3n) is 4.23. The van der Waals surface area contributed by atoms with Gasteiger partial charge in [-0.1, -0.05) is 11.5 Å². The maximum atomic E-state index is 5.45. The van der Waals surface area contributed by atoms with E-state index in [-0.39, 0.29) is 0 Å². The summed E-state index contributed by atoms with van der Waals surface area (Å²) in [5.74, 6) is 3.35. The highest BCUT2D eigenvalue weighted by Crippen LogP contribution is 2.48. The molecule has 3 N–H and O–H groups in total. The van der Waals surface area contributed by atoms with Crippen LogP contribution < -0.4 is 11.1 Å². The summed E-state index contributed by atoms with van der Waals surface area (Å²) in [6.45, 7) is 1.53. The number of nitrogens with two attached hydrogens (primary N) is 1. The molecule has 0 spiro atoms. The number of rotatable bonds is 5. The number of anilines is 1. The first-order valence-corrected chi connectivity index (χ1v) is 6.61. The van der Waals surface area contributed by atoms with Crippen LogP contribution in [0.2, 0.25) is 0 Å². The molecule has 1 heterocycles. The Morgan fingerprint density at radius 2 is 2.24 bits per heavy atom. The Morgan fingerprint density at radius 3 is 2.94 bits per heavy atom. The third-order valence-corrected chi connectivity index (χ3v) is 4.23. The highest BCUT2D eigenvalue weighted by Gasteiger charge is 2.39. The van der Waals surface area contributed by atoms with Gasteiger partial charge in [0.1, 0.15) is 0 Å². The summed E-state index contributed by atoms with van der Waals surface area (Å²) in [7, 11) is 0. The molecule has 0 aliphatic heterocycles. The number of nitrogens with zero attached hydrogens (tertiary/aromatic N) is 2. The van der Waals surface area contributed by atoms with Crippen molar-refractivity contribution in [2.75, 3.05) is 18.4 Å². The molecule has 2 bridgehead atoms. The van der Waals surface area contributed by atoms with Crippen LogP contribution >= 0.6 is 0 Å². The van der Waals surface area contributed by atoms with Gasteiger partial charge >= 0.3 is 6.01 Å². The van der Waals surface area contributed by atoms with Gasteiger partial charge in [0.2, 0.25) is 5.89 Å². The maximum Gasteiger partial charge on any atom is 0.315 e. The minimum atomic E-state index is 0.550. The molecule has 2 aliphatic rings. The number of hydrogen-bond acceptors (Lipinski definition) is 5. The second-order valence-corrected chi connectivity index (χ2v) is 5.36. The monoisotopic (exact) mass is 236 g/mol. The van der Waals surface area contributed by atoms with Crippen LogP contribution in [0, 0.1) is 17.8 Å². The Bertz CT molecular complexity index is 378. The van der Waals surface area contributed by atoms with E-state index < -0.39 is 0 Å². The largest absolute Gasteiger partial charge is 0.408 e. The third kappa shape index (κ3) is 2.29. The van der Waals surface area contributed by atoms with Crippen molar-refractivity contribution in [3.8, 4) is 0 Å². The molecule has 0 radical (unpaired) electrons. The molecule has 2 saturated carbocycles. The molecule has 3 unspecified atom stereocenters. The predicted molar refractivity (Wildman–Crippen MR) is 64.5 cm³/mol. The van der Waals surface area contributed by atoms with E-state index in [0.29, 0.717) is 24.9 Å². The Hall–Kier alpha value is -1.10. The summed E-state index contributed by atoms with van der Waals surface area (Å²) in [4.78, 5) is 0. The quantitative estimate of drug-likeness (QED) is 0.808. The Kier molecular flexibility index (Phi) is 3.01. The summed E-state index contributed by atoms with van der Waals surface area (Å²) < 4.78 is 5.45. The first kappa shape index (κ1) is 11.0. The van der Waals surface area contributed by atoms with E-state index in [9.17, 15) is 0 Å². The second kappa shape index (κ2) is 4.64. The lowest BCUT2D eigenvalue weighted by molar-refractivity contribution is 0.345. The van der Waals surface area contributed by atoms with E-state index in [0.717, 1.165) is 24.3 Å². The molecule has 2 fully saturated rings. The summed E-state index contributed by atoms with van der Waals surface area (Å²) in [6.07, 6.45) is 6.33. The summed E-state index contributed by atoms with van der Waals surface area (Å²) in [5, 5.41) is 11.2. The van der Waals surface area contributed by atoms with Gasteiger partial charge in [-0.25, -0.2) is 0 Å². The maximum absolute atomic E-state index is 5.45. The van der Waals surface area contributed by atoms with Crippen LogP contribution in [-0.2, 0) is 6.42 Å². The lowest BCUT2D eigenvalue weighted by Crippen LogP contribution is -2.20. The van der Waals surface area contributed by atoms with Crippen LogP contribution in [0.25, 0.3) is 0 Å². The van der Waals surface area contributed by atoms with Crippen LogP contribution in [0.1, 0.15) is 31.6 Å². The van der Waals surface area contributed by atoms with Crippen molar-refractivity contribution in [2.45, 2.75) is 32.1 Å². The van der Waals surface area contributed by atoms with E-state index in [1.165, 1.54) is 25.7 Å². The van der Waals surface area contributed by atoms with Gasteiger partial charge in [-0.15, -0.1) is 5.10 Å². The van der Waals surface area contributed by atoms with Crippen LogP contribution in [0.5, 0.6) is 0 Å². The average molecular weight is 236 g/mol. The fourth-order valence-corrected chi connectivity index (χ4v) is 3.39. The van der Waals surface area contributed by atoms with Crippen LogP contribution in [0.3, 0.4) is 0 Å². The Balaban J connectivity index is 1.50. The Morgan fingerprint density at radius 1 is 1.29 bits per heavy atom. The van der Waals surface area contributed by atoms with E-state index in [2.05, 4.69) is 15.5 Å². The highest BCUT2D eigenvalue weighted by molar-refractivity contribution is 5.17. The Labute approximate surface area is 101 Å².